The monoisotopic (exact) mass is 437 g/mol. The van der Waals surface area contributed by atoms with Crippen LogP contribution in [0.5, 0.6) is 0 Å². The van der Waals surface area contributed by atoms with Gasteiger partial charge in [0.05, 0.1) is 21.9 Å². The molecule has 0 saturated heterocycles. The van der Waals surface area contributed by atoms with Crippen LogP contribution in [0.3, 0.4) is 0 Å². The Morgan fingerprint density at radius 3 is 2.56 bits per heavy atom. The fourth-order valence-electron chi connectivity index (χ4n) is 2.11. The van der Waals surface area contributed by atoms with Gasteiger partial charge in [0.1, 0.15) is 16.5 Å². The Morgan fingerprint density at radius 2 is 1.88 bits per heavy atom. The van der Waals surface area contributed by atoms with Crippen molar-refractivity contribution in [1.82, 2.24) is 9.61 Å². The van der Waals surface area contributed by atoms with E-state index in [1.807, 2.05) is 4.72 Å². The maximum atomic E-state index is 13.8. The summed E-state index contributed by atoms with van der Waals surface area (Å²) >= 11 is 2.78. The first-order valence-electron chi connectivity index (χ1n) is 6.62. The lowest BCUT2D eigenvalue weighted by atomic mass is 10.3. The molecule has 2 aromatic heterocycles. The molecule has 0 radical (unpaired) electrons. The highest BCUT2D eigenvalue weighted by atomic mass is 79.9. The molecule has 0 saturated carbocycles. The van der Waals surface area contributed by atoms with Crippen LogP contribution in [0.15, 0.2) is 46.0 Å². The second-order valence-corrected chi connectivity index (χ2v) is 7.46. The third kappa shape index (κ3) is 3.33. The summed E-state index contributed by atoms with van der Waals surface area (Å²) in [6, 6.07) is 3.66. The molecule has 0 unspecified atom stereocenters. The Kier molecular flexibility index (Phi) is 4.45. The number of nitrogens with zero attached hydrogens (tertiary/aromatic N) is 2. The smallest absolute Gasteiger partial charge is 0.265 e. The maximum Gasteiger partial charge on any atom is 0.265 e. The average molecular weight is 438 g/mol. The van der Waals surface area contributed by atoms with Gasteiger partial charge in [0.2, 0.25) is 0 Å². The fraction of sp³-hybridized carbons (Fsp3) is 0.0714. The number of alkyl halides is 2. The van der Waals surface area contributed by atoms with Crippen LogP contribution in [0.1, 0.15) is 12.0 Å². The number of fused-ring (bicyclic) bond motifs is 1. The number of aromatic nitrogens is 2. The molecular weight excluding hydrogens is 430 g/mol. The molecule has 0 amide bonds. The Labute approximate surface area is 147 Å². The van der Waals surface area contributed by atoms with E-state index in [-0.39, 0.29) is 20.4 Å². The van der Waals surface area contributed by atoms with Crippen LogP contribution in [-0.2, 0) is 10.0 Å². The van der Waals surface area contributed by atoms with Gasteiger partial charge in [0.15, 0.2) is 0 Å². The summed E-state index contributed by atoms with van der Waals surface area (Å²) < 4.78 is 80.3. The topological polar surface area (TPSA) is 63.5 Å². The molecule has 0 atom stereocenters. The lowest BCUT2D eigenvalue weighted by molar-refractivity contribution is 0.150. The van der Waals surface area contributed by atoms with E-state index < -0.39 is 33.8 Å². The van der Waals surface area contributed by atoms with Gasteiger partial charge in [-0.15, -0.1) is 0 Å². The van der Waals surface area contributed by atoms with Crippen LogP contribution in [-0.4, -0.2) is 18.0 Å². The van der Waals surface area contributed by atoms with E-state index in [1.165, 1.54) is 0 Å². The van der Waals surface area contributed by atoms with Crippen molar-refractivity contribution in [2.45, 2.75) is 11.3 Å². The van der Waals surface area contributed by atoms with Crippen LogP contribution >= 0.6 is 15.9 Å². The van der Waals surface area contributed by atoms with Crippen LogP contribution in [0.25, 0.3) is 5.52 Å². The summed E-state index contributed by atoms with van der Waals surface area (Å²) in [6.07, 6.45) is -0.828. The molecular formula is C14H8BrF4N3O2S. The van der Waals surface area contributed by atoms with Gasteiger partial charge in [-0.1, -0.05) is 0 Å². The van der Waals surface area contributed by atoms with E-state index >= 15 is 0 Å². The molecule has 3 aromatic rings. The summed E-state index contributed by atoms with van der Waals surface area (Å²) in [4.78, 5) is -0.365. The van der Waals surface area contributed by atoms with Crippen LogP contribution in [0.4, 0.5) is 23.2 Å². The molecule has 25 heavy (non-hydrogen) atoms. The molecule has 0 fully saturated rings. The maximum absolute atomic E-state index is 13.8. The van der Waals surface area contributed by atoms with Crippen LogP contribution in [0.2, 0.25) is 0 Å². The second kappa shape index (κ2) is 6.30. The van der Waals surface area contributed by atoms with E-state index in [0.717, 1.165) is 35.1 Å². The SMILES string of the molecule is O=S(=O)(Nc1cc(F)c(Br)cc1F)c1cnn2cc(C(F)F)ccc12. The molecule has 2 heterocycles. The van der Waals surface area contributed by atoms with Crippen LogP contribution < -0.4 is 4.72 Å². The zero-order valence-electron chi connectivity index (χ0n) is 12.1. The first-order chi connectivity index (χ1) is 11.7. The third-order valence-electron chi connectivity index (χ3n) is 3.30. The van der Waals surface area contributed by atoms with E-state index in [9.17, 15) is 26.0 Å². The molecule has 0 spiro atoms. The largest absolute Gasteiger partial charge is 0.276 e. The number of benzene rings is 1. The molecule has 11 heteroatoms. The summed E-state index contributed by atoms with van der Waals surface area (Å²) in [5.74, 6) is -1.85. The zero-order chi connectivity index (χ0) is 18.4. The van der Waals surface area contributed by atoms with Crippen LogP contribution in [0, 0.1) is 11.6 Å². The Balaban J connectivity index is 2.03. The predicted octanol–water partition coefficient (Wildman–Crippen LogP) is 4.11. The second-order valence-electron chi connectivity index (χ2n) is 4.95. The van der Waals surface area contributed by atoms with Crippen molar-refractivity contribution in [2.75, 3.05) is 4.72 Å². The number of halogens is 5. The number of hydrogen-bond acceptors (Lipinski definition) is 3. The summed E-state index contributed by atoms with van der Waals surface area (Å²) in [6.45, 7) is 0. The molecule has 0 aliphatic heterocycles. The van der Waals surface area contributed by atoms with Crippen molar-refractivity contribution in [2.24, 2.45) is 0 Å². The van der Waals surface area contributed by atoms with E-state index in [1.54, 1.807) is 0 Å². The molecule has 5 nitrogen and oxygen atoms in total. The molecule has 1 aromatic carbocycles. The van der Waals surface area contributed by atoms with Crippen molar-refractivity contribution >= 4 is 37.2 Å². The Hall–Kier alpha value is -2.14. The molecule has 0 bridgehead atoms. The standard InChI is InChI=1S/C14H8BrF4N3O2S/c15-8-3-10(17)11(4-9(8)16)21-25(23,24)13-5-20-22-6-7(14(18)19)1-2-12(13)22/h1-6,14,21H. The highest BCUT2D eigenvalue weighted by Crippen LogP contribution is 2.27. The molecule has 0 aliphatic carbocycles. The highest BCUT2D eigenvalue weighted by molar-refractivity contribution is 9.10. The van der Waals surface area contributed by atoms with Crippen molar-refractivity contribution in [3.8, 4) is 0 Å². The Bertz CT molecular complexity index is 1070. The van der Waals surface area contributed by atoms with E-state index in [0.29, 0.717) is 6.07 Å². The fourth-order valence-corrected chi connectivity index (χ4v) is 3.61. The molecule has 1 N–H and O–H groups in total. The van der Waals surface area contributed by atoms with E-state index in [4.69, 9.17) is 0 Å². The minimum atomic E-state index is -4.32. The van der Waals surface area contributed by atoms with Gasteiger partial charge in [-0.25, -0.2) is 30.5 Å². The number of hydrogen-bond donors (Lipinski definition) is 1. The van der Waals surface area contributed by atoms with Gasteiger partial charge in [0.25, 0.3) is 16.4 Å². The lowest BCUT2D eigenvalue weighted by Crippen LogP contribution is -2.14. The summed E-state index contributed by atoms with van der Waals surface area (Å²) in [7, 11) is -4.32. The number of rotatable bonds is 4. The summed E-state index contributed by atoms with van der Waals surface area (Å²) in [5.41, 5.74) is -0.923. The highest BCUT2D eigenvalue weighted by Gasteiger charge is 2.23. The Morgan fingerprint density at radius 1 is 1.16 bits per heavy atom. The molecule has 3 rings (SSSR count). The van der Waals surface area contributed by atoms with Crippen molar-refractivity contribution in [3.05, 3.63) is 58.3 Å². The normalized spacial score (nSPS) is 12.1. The number of sulfonamides is 1. The average Bonchev–Trinajstić information content (AvgIpc) is 2.96. The quantitative estimate of drug-likeness (QED) is 0.493. The van der Waals surface area contributed by atoms with Gasteiger partial charge in [-0.05, 0) is 34.1 Å². The van der Waals surface area contributed by atoms with Crippen molar-refractivity contribution < 1.29 is 26.0 Å². The first kappa shape index (κ1) is 17.7. The number of pyridine rings is 1. The first-order valence-corrected chi connectivity index (χ1v) is 8.89. The number of anilines is 1. The van der Waals surface area contributed by atoms with Gasteiger partial charge >= 0.3 is 0 Å². The molecule has 132 valence electrons. The minimum absolute atomic E-state index is 0.00916. The minimum Gasteiger partial charge on any atom is -0.276 e. The third-order valence-corrected chi connectivity index (χ3v) is 5.29. The summed E-state index contributed by atoms with van der Waals surface area (Å²) in [5, 5.41) is 3.71. The van der Waals surface area contributed by atoms with Gasteiger partial charge in [-0.2, -0.15) is 5.10 Å². The lowest BCUT2D eigenvalue weighted by Gasteiger charge is -2.09. The van der Waals surface area contributed by atoms with Crippen molar-refractivity contribution in [1.29, 1.82) is 0 Å². The van der Waals surface area contributed by atoms with Gasteiger partial charge in [0, 0.05) is 17.8 Å². The number of nitrogens with one attached hydrogen (secondary N) is 1. The van der Waals surface area contributed by atoms with Gasteiger partial charge in [-0.3, -0.25) is 4.72 Å². The van der Waals surface area contributed by atoms with Crippen molar-refractivity contribution in [3.63, 3.8) is 0 Å². The van der Waals surface area contributed by atoms with E-state index in [2.05, 4.69) is 21.0 Å². The molecule has 0 aliphatic rings. The zero-order valence-corrected chi connectivity index (χ0v) is 14.5. The predicted molar refractivity (Wildman–Crippen MR) is 85.0 cm³/mol. The van der Waals surface area contributed by atoms with Gasteiger partial charge < -0.3 is 0 Å².